The first-order valence-corrected chi connectivity index (χ1v) is 49.3. The number of aromatic nitrogens is 28. The third-order valence-corrected chi connectivity index (χ3v) is 31.3. The summed E-state index contributed by atoms with van der Waals surface area (Å²) in [4.78, 5) is 137. The first kappa shape index (κ1) is 89.1. The van der Waals surface area contributed by atoms with Gasteiger partial charge in [-0.15, -0.1) is 22.7 Å². The molecule has 15 aromatic rings. The summed E-state index contributed by atoms with van der Waals surface area (Å²) < 4.78 is 55.1. The Labute approximate surface area is 782 Å². The molecular weight excluding hydrogens is 1800 g/mol. The first-order chi connectivity index (χ1) is 65.3. The zero-order chi connectivity index (χ0) is 91.5. The van der Waals surface area contributed by atoms with Crippen LogP contribution in [0, 0.1) is 0 Å². The molecule has 18 heterocycles. The number of hydrogen-bond donors (Lipinski definition) is 5. The second-order valence-corrected chi connectivity index (χ2v) is 40.4. The second-order valence-electron chi connectivity index (χ2n) is 37.5. The maximum Gasteiger partial charge on any atom is 0.262 e. The molecule has 0 radical (unpaired) electrons. The molecule has 10 atom stereocenters. The van der Waals surface area contributed by atoms with Crippen molar-refractivity contribution in [1.82, 2.24) is 139 Å². The molecule has 25 rings (SSSR count). The number of ether oxygens (including phenoxy) is 3. The Kier molecular flexibility index (Phi) is 25.3. The highest BCUT2D eigenvalue weighted by molar-refractivity contribution is 7.14. The van der Waals surface area contributed by atoms with Crippen LogP contribution in [0.15, 0.2) is 121 Å². The molecule has 0 bridgehead atoms. The molecule has 698 valence electrons. The van der Waals surface area contributed by atoms with Gasteiger partial charge < -0.3 is 39.1 Å². The average Bonchev–Trinajstić information content (AvgIpc) is 1.53. The van der Waals surface area contributed by atoms with E-state index in [1.165, 1.54) is 22.7 Å². The van der Waals surface area contributed by atoms with Crippen molar-refractivity contribution in [1.29, 1.82) is 0 Å². The van der Waals surface area contributed by atoms with Gasteiger partial charge in [0.05, 0.1) is 72.6 Å². The molecule has 2 unspecified atom stereocenters. The SMILES string of the molecule is CC1(F)CCC(n2ncc3c(=O)[nH]c([C@@H]4CC[C@@H]4c4csc(Cl)n4)nc32)CC1.CC1(F)CCC(n2ncc3c(=O)[nH]c([C@H]4CC[C@H]4c4csc(Cl)n4)nc32)CC1.O=c1[nH]c(C2CCC2c2ncccn2)nc2c1cnn2C1CCOCC1.O=c1[nH]c([C@@H]2CC[C@H]2c2ncccn2)nc2c1cnn2C1CCOCC1.O=c1[nH]c([C@H]2CC[C@@H]2c2ncccn2)nc2c1cnn2C1CCOCC1. The molecule has 3 saturated heterocycles. The van der Waals surface area contributed by atoms with Gasteiger partial charge in [-0.2, -0.15) is 25.5 Å². The number of nitrogens with zero attached hydrogens (tertiary/aromatic N) is 23. The number of thiazole rings is 2. The summed E-state index contributed by atoms with van der Waals surface area (Å²) in [5.74, 6) is 7.76. The van der Waals surface area contributed by atoms with Gasteiger partial charge in [0.2, 0.25) is 0 Å². The number of aromatic amines is 5. The number of rotatable bonds is 15. The topological polar surface area (TPSA) is 449 Å². The summed E-state index contributed by atoms with van der Waals surface area (Å²) in [5.41, 5.74) is 2.26. The van der Waals surface area contributed by atoms with Crippen LogP contribution in [0.25, 0.3) is 55.2 Å². The van der Waals surface area contributed by atoms with Crippen LogP contribution < -0.4 is 27.8 Å². The molecule has 5 N–H and O–H groups in total. The van der Waals surface area contributed by atoms with Crippen LogP contribution in [0.2, 0.25) is 8.93 Å². The van der Waals surface area contributed by atoms with Crippen molar-refractivity contribution in [2.45, 2.75) is 269 Å². The average molecular weight is 1900 g/mol. The highest BCUT2D eigenvalue weighted by Crippen LogP contribution is 2.53. The van der Waals surface area contributed by atoms with Crippen molar-refractivity contribution in [3.05, 3.63) is 216 Å². The predicted molar refractivity (Wildman–Crippen MR) is 496 cm³/mol. The molecule has 3 aliphatic heterocycles. The Morgan fingerprint density at radius 2 is 0.530 bits per heavy atom. The molecule has 36 nitrogen and oxygen atoms in total. The maximum absolute atomic E-state index is 14.2. The summed E-state index contributed by atoms with van der Waals surface area (Å²) in [5, 5.41) is 28.8. The molecular formula is C92H102Cl2F2N28O8S2. The highest BCUT2D eigenvalue weighted by atomic mass is 35.5. The molecule has 42 heteroatoms. The van der Waals surface area contributed by atoms with Gasteiger partial charge in [0.1, 0.15) is 84.9 Å². The molecule has 10 fully saturated rings. The van der Waals surface area contributed by atoms with E-state index in [-0.39, 0.29) is 117 Å². The smallest absolute Gasteiger partial charge is 0.262 e. The fourth-order valence-electron chi connectivity index (χ4n) is 20.8. The van der Waals surface area contributed by atoms with Crippen molar-refractivity contribution < 1.29 is 23.0 Å². The molecule has 7 saturated carbocycles. The lowest BCUT2D eigenvalue weighted by atomic mass is 9.71. The van der Waals surface area contributed by atoms with Gasteiger partial charge in [-0.1, -0.05) is 23.2 Å². The quantitative estimate of drug-likeness (QED) is 0.0636. The molecule has 0 amide bonds. The number of hydrogen-bond acceptors (Lipinski definition) is 28. The maximum atomic E-state index is 14.2. The lowest BCUT2D eigenvalue weighted by Gasteiger charge is -2.34. The minimum atomic E-state index is -1.11. The minimum absolute atomic E-state index is 0.0815. The fraction of sp³-hybridized carbons (Fsp3) is 0.533. The Morgan fingerprint density at radius 1 is 0.313 bits per heavy atom. The van der Waals surface area contributed by atoms with E-state index in [0.29, 0.717) is 127 Å². The Balaban J connectivity index is 0.000000101. The standard InChI is InChI=1S/2C19H21ClFN5OS.3C18H20N6O2/c2*1-19(21)6-4-10(5-7-19)26-16-13(8-22-26)17(27)25-15(24-16)12-3-2-11(12)14-9-28-18(20)23-14;3*25-18-14-10-21-24(11-4-8-26-9-5-11)17(14)22-16(23-18)13-3-2-12(13)15-19-6-1-7-20-15/h2*8-12H,2-7H2,1H3,(H,24,25,27);3*1,6-7,10-13H,2-5,8-9H2,(H,22,23,25)/t2*10?,11-,12+,19?;2*12-,13-;/m1010./s1. The number of fused-ring (bicyclic) bond motifs is 5. The Bertz CT molecular complexity index is 6460. The van der Waals surface area contributed by atoms with Crippen molar-refractivity contribution in [2.75, 3.05) is 39.6 Å². The molecule has 7 aliphatic carbocycles. The van der Waals surface area contributed by atoms with Crippen LogP contribution in [-0.4, -0.2) is 190 Å². The van der Waals surface area contributed by atoms with E-state index < -0.39 is 11.3 Å². The van der Waals surface area contributed by atoms with Crippen molar-refractivity contribution in [3.8, 4) is 0 Å². The first-order valence-electron chi connectivity index (χ1n) is 46.8. The lowest BCUT2D eigenvalue weighted by Crippen LogP contribution is -2.29. The number of H-pyrrole nitrogens is 5. The van der Waals surface area contributed by atoms with Crippen molar-refractivity contribution >= 4 is 101 Å². The van der Waals surface area contributed by atoms with Gasteiger partial charge in [-0.3, -0.25) is 24.0 Å². The van der Waals surface area contributed by atoms with Gasteiger partial charge in [0, 0.05) is 147 Å². The van der Waals surface area contributed by atoms with E-state index in [9.17, 15) is 32.8 Å². The Hall–Kier alpha value is -11.4. The van der Waals surface area contributed by atoms with E-state index in [2.05, 4.69) is 90.3 Å². The number of alkyl halides is 2. The van der Waals surface area contributed by atoms with Crippen LogP contribution in [0.4, 0.5) is 8.78 Å². The van der Waals surface area contributed by atoms with E-state index in [0.717, 1.165) is 189 Å². The van der Waals surface area contributed by atoms with Gasteiger partial charge in [0.15, 0.2) is 37.2 Å². The summed E-state index contributed by atoms with van der Waals surface area (Å²) >= 11 is 14.8. The highest BCUT2D eigenvalue weighted by Gasteiger charge is 2.44. The van der Waals surface area contributed by atoms with Crippen LogP contribution in [0.3, 0.4) is 0 Å². The van der Waals surface area contributed by atoms with Crippen LogP contribution in [0.1, 0.15) is 315 Å². The lowest BCUT2D eigenvalue weighted by molar-refractivity contribution is 0.0672. The molecule has 134 heavy (non-hydrogen) atoms. The zero-order valence-electron chi connectivity index (χ0n) is 74.0. The van der Waals surface area contributed by atoms with Gasteiger partial charge in [0.25, 0.3) is 27.8 Å². The van der Waals surface area contributed by atoms with Crippen LogP contribution >= 0.6 is 45.9 Å². The predicted octanol–water partition coefficient (Wildman–Crippen LogP) is 15.2. The second kappa shape index (κ2) is 38.0. The van der Waals surface area contributed by atoms with Gasteiger partial charge >= 0.3 is 0 Å². The van der Waals surface area contributed by atoms with E-state index in [1.54, 1.807) is 82.0 Å². The summed E-state index contributed by atoms with van der Waals surface area (Å²) in [7, 11) is 0. The van der Waals surface area contributed by atoms with Crippen molar-refractivity contribution in [2.24, 2.45) is 0 Å². The minimum Gasteiger partial charge on any atom is -0.381 e. The summed E-state index contributed by atoms with van der Waals surface area (Å²) in [6.07, 6.45) is 38.7. The van der Waals surface area contributed by atoms with Crippen LogP contribution in [-0.2, 0) is 14.2 Å². The van der Waals surface area contributed by atoms with Crippen molar-refractivity contribution in [3.63, 3.8) is 0 Å². The van der Waals surface area contributed by atoms with Gasteiger partial charge in [-0.05, 0) is 186 Å². The van der Waals surface area contributed by atoms with E-state index >= 15 is 0 Å². The number of nitrogens with one attached hydrogen (secondary N) is 5. The fourth-order valence-corrected chi connectivity index (χ4v) is 22.5. The summed E-state index contributed by atoms with van der Waals surface area (Å²) in [6, 6.07) is 6.31. The zero-order valence-corrected chi connectivity index (χ0v) is 77.1. The summed E-state index contributed by atoms with van der Waals surface area (Å²) in [6.45, 7) is 7.64. The van der Waals surface area contributed by atoms with E-state index in [4.69, 9.17) is 62.3 Å². The molecule has 10 aliphatic rings. The third kappa shape index (κ3) is 18.1. The van der Waals surface area contributed by atoms with E-state index in [1.807, 2.05) is 52.4 Å². The largest absolute Gasteiger partial charge is 0.381 e. The normalized spacial score (nSPS) is 26.6. The third-order valence-electron chi connectivity index (χ3n) is 29.3. The number of halogens is 4. The van der Waals surface area contributed by atoms with Crippen LogP contribution in [0.5, 0.6) is 0 Å². The molecule has 0 spiro atoms. The monoisotopic (exact) mass is 1900 g/mol. The Morgan fingerprint density at radius 3 is 0.739 bits per heavy atom. The molecule has 0 aromatic carbocycles. The molecule has 15 aromatic heterocycles. The van der Waals surface area contributed by atoms with Gasteiger partial charge in [-0.25, -0.2) is 97.0 Å².